The molecular weight excluding hydrogens is 406 g/mol. The molecule has 1 aliphatic carbocycles. The van der Waals surface area contributed by atoms with Crippen LogP contribution in [0.2, 0.25) is 5.02 Å². The summed E-state index contributed by atoms with van der Waals surface area (Å²) in [5.74, 6) is -1.47. The lowest BCUT2D eigenvalue weighted by Gasteiger charge is -2.31. The molecule has 30 heavy (non-hydrogen) atoms. The summed E-state index contributed by atoms with van der Waals surface area (Å²) in [6.45, 7) is 0. The minimum absolute atomic E-state index is 0.00117. The molecule has 1 amide bonds. The zero-order chi connectivity index (χ0) is 21.4. The van der Waals surface area contributed by atoms with Gasteiger partial charge in [0.25, 0.3) is 11.7 Å². The summed E-state index contributed by atoms with van der Waals surface area (Å²) in [6.07, 6.45) is 3.54. The third-order valence-corrected chi connectivity index (χ3v) is 6.05. The fourth-order valence-electron chi connectivity index (χ4n) is 4.40. The number of halogens is 1. The minimum Gasteiger partial charge on any atom is -0.507 e. The van der Waals surface area contributed by atoms with Crippen molar-refractivity contribution in [1.82, 2.24) is 4.90 Å². The first kappa shape index (κ1) is 20.3. The van der Waals surface area contributed by atoms with Crippen LogP contribution in [0.4, 0.5) is 0 Å². The molecule has 0 aromatic heterocycles. The lowest BCUT2D eigenvalue weighted by molar-refractivity contribution is -0.141. The fraction of sp³-hybridized carbons (Fsp3) is 0.304. The molecule has 2 aromatic rings. The predicted octanol–water partition coefficient (Wildman–Crippen LogP) is 4.42. The van der Waals surface area contributed by atoms with Crippen molar-refractivity contribution in [2.24, 2.45) is 0 Å². The molecule has 2 aliphatic rings. The maximum absolute atomic E-state index is 13.0. The molecule has 1 saturated carbocycles. The Kier molecular flexibility index (Phi) is 5.43. The van der Waals surface area contributed by atoms with Gasteiger partial charge in [0.15, 0.2) is 11.5 Å². The van der Waals surface area contributed by atoms with Crippen molar-refractivity contribution in [2.45, 2.75) is 37.8 Å². The smallest absolute Gasteiger partial charge is 0.295 e. The Morgan fingerprint density at radius 1 is 1.13 bits per heavy atom. The van der Waals surface area contributed by atoms with E-state index in [1.165, 1.54) is 13.2 Å². The summed E-state index contributed by atoms with van der Waals surface area (Å²) in [4.78, 5) is 27.6. The van der Waals surface area contributed by atoms with E-state index in [-0.39, 0.29) is 28.9 Å². The maximum atomic E-state index is 13.0. The molecule has 7 heteroatoms. The fourth-order valence-corrected chi connectivity index (χ4v) is 4.60. The summed E-state index contributed by atoms with van der Waals surface area (Å²) in [7, 11) is 1.44. The Morgan fingerprint density at radius 2 is 1.87 bits per heavy atom. The summed E-state index contributed by atoms with van der Waals surface area (Å²) >= 11 is 6.06. The Labute approximate surface area is 179 Å². The van der Waals surface area contributed by atoms with Crippen molar-refractivity contribution >= 4 is 29.1 Å². The van der Waals surface area contributed by atoms with Crippen LogP contribution in [0.3, 0.4) is 0 Å². The van der Waals surface area contributed by atoms with Crippen molar-refractivity contribution in [2.75, 3.05) is 7.11 Å². The molecule has 1 unspecified atom stereocenters. The second-order valence-corrected chi connectivity index (χ2v) is 8.02. The van der Waals surface area contributed by atoms with Gasteiger partial charge in [0.2, 0.25) is 0 Å². The van der Waals surface area contributed by atoms with Crippen LogP contribution in [0.1, 0.15) is 42.9 Å². The standard InChI is InChI=1S/C23H22ClNO5/c1-30-18-10-9-13(12-17(18)26)20-19(21(27)14-5-4-6-15(24)11-14)22(28)23(29)25(20)16-7-2-3-8-16/h4-6,9-12,16,20,26-27H,2-3,7-8H2,1H3/b21-19-. The number of rotatable bonds is 4. The number of benzene rings is 2. The third kappa shape index (κ3) is 3.41. The SMILES string of the molecule is COc1ccc(C2/C(=C(/O)c3cccc(Cl)c3)C(=O)C(=O)N2C2CCCC2)cc1O. The molecule has 0 bridgehead atoms. The van der Waals surface area contributed by atoms with Crippen LogP contribution in [0.15, 0.2) is 48.0 Å². The number of aliphatic hydroxyl groups is 1. The Morgan fingerprint density at radius 3 is 2.50 bits per heavy atom. The van der Waals surface area contributed by atoms with Crippen LogP contribution < -0.4 is 4.74 Å². The summed E-state index contributed by atoms with van der Waals surface area (Å²) < 4.78 is 5.11. The van der Waals surface area contributed by atoms with Crippen LogP contribution in [0.5, 0.6) is 11.5 Å². The molecule has 4 rings (SSSR count). The molecule has 2 aromatic carbocycles. The normalized spacial score (nSPS) is 21.4. The number of ether oxygens (including phenoxy) is 1. The quantitative estimate of drug-likeness (QED) is 0.428. The van der Waals surface area contributed by atoms with Gasteiger partial charge in [-0.3, -0.25) is 9.59 Å². The van der Waals surface area contributed by atoms with Crippen LogP contribution in [-0.4, -0.2) is 40.0 Å². The lowest BCUT2D eigenvalue weighted by atomic mass is 9.94. The van der Waals surface area contributed by atoms with E-state index in [4.69, 9.17) is 16.3 Å². The van der Waals surface area contributed by atoms with Crippen LogP contribution in [0.25, 0.3) is 5.76 Å². The number of aromatic hydroxyl groups is 1. The average Bonchev–Trinajstić information content (AvgIpc) is 3.34. The van der Waals surface area contributed by atoms with Crippen LogP contribution in [-0.2, 0) is 9.59 Å². The van der Waals surface area contributed by atoms with Gasteiger partial charge in [-0.1, -0.05) is 42.6 Å². The van der Waals surface area contributed by atoms with Crippen molar-refractivity contribution in [3.63, 3.8) is 0 Å². The first-order chi connectivity index (χ1) is 14.4. The molecule has 6 nitrogen and oxygen atoms in total. The topological polar surface area (TPSA) is 87.1 Å². The van der Waals surface area contributed by atoms with Gasteiger partial charge >= 0.3 is 0 Å². The molecule has 2 fully saturated rings. The number of ketones is 1. The highest BCUT2D eigenvalue weighted by molar-refractivity contribution is 6.46. The van der Waals surface area contributed by atoms with Gasteiger partial charge in [0.1, 0.15) is 5.76 Å². The zero-order valence-corrected chi connectivity index (χ0v) is 17.2. The summed E-state index contributed by atoms with van der Waals surface area (Å²) in [5.41, 5.74) is 0.886. The number of methoxy groups -OCH3 is 1. The van der Waals surface area contributed by atoms with E-state index in [0.29, 0.717) is 16.1 Å². The van der Waals surface area contributed by atoms with Gasteiger partial charge in [0, 0.05) is 16.6 Å². The number of nitrogens with zero attached hydrogens (tertiary/aromatic N) is 1. The molecule has 2 N–H and O–H groups in total. The molecule has 1 heterocycles. The van der Waals surface area contributed by atoms with Crippen molar-refractivity contribution in [3.8, 4) is 11.5 Å². The number of carbonyl (C=O) groups excluding carboxylic acids is 2. The first-order valence-electron chi connectivity index (χ1n) is 9.85. The van der Waals surface area contributed by atoms with Gasteiger partial charge in [-0.25, -0.2) is 0 Å². The van der Waals surface area contributed by atoms with E-state index in [1.54, 1.807) is 41.3 Å². The number of Topliss-reactive ketones (excluding diaryl/α,β-unsaturated/α-hetero) is 1. The van der Waals surface area contributed by atoms with Crippen molar-refractivity contribution in [1.29, 1.82) is 0 Å². The second-order valence-electron chi connectivity index (χ2n) is 7.59. The van der Waals surface area contributed by atoms with Crippen molar-refractivity contribution < 1.29 is 24.5 Å². The monoisotopic (exact) mass is 427 g/mol. The van der Waals surface area contributed by atoms with E-state index < -0.39 is 17.7 Å². The highest BCUT2D eigenvalue weighted by Crippen LogP contribution is 2.45. The minimum atomic E-state index is -0.802. The van der Waals surface area contributed by atoms with Crippen LogP contribution >= 0.6 is 11.6 Å². The Balaban J connectivity index is 1.90. The van der Waals surface area contributed by atoms with E-state index in [2.05, 4.69) is 0 Å². The highest BCUT2D eigenvalue weighted by atomic mass is 35.5. The number of phenolic OH excluding ortho intramolecular Hbond substituents is 1. The third-order valence-electron chi connectivity index (χ3n) is 5.81. The average molecular weight is 428 g/mol. The molecule has 156 valence electrons. The number of likely N-dealkylation sites (tertiary alicyclic amines) is 1. The molecule has 1 aliphatic heterocycles. The number of aliphatic hydroxyl groups excluding tert-OH is 1. The zero-order valence-electron chi connectivity index (χ0n) is 16.5. The lowest BCUT2D eigenvalue weighted by Crippen LogP contribution is -2.37. The molecule has 1 saturated heterocycles. The highest BCUT2D eigenvalue weighted by Gasteiger charge is 2.49. The van der Waals surface area contributed by atoms with E-state index in [9.17, 15) is 19.8 Å². The number of amides is 1. The largest absolute Gasteiger partial charge is 0.507 e. The predicted molar refractivity (Wildman–Crippen MR) is 113 cm³/mol. The maximum Gasteiger partial charge on any atom is 0.295 e. The number of hydrogen-bond acceptors (Lipinski definition) is 5. The van der Waals surface area contributed by atoms with E-state index in [1.807, 2.05) is 0 Å². The van der Waals surface area contributed by atoms with Gasteiger partial charge < -0.3 is 19.8 Å². The van der Waals surface area contributed by atoms with E-state index >= 15 is 0 Å². The van der Waals surface area contributed by atoms with Crippen LogP contribution in [0, 0.1) is 0 Å². The van der Waals surface area contributed by atoms with E-state index in [0.717, 1.165) is 25.7 Å². The van der Waals surface area contributed by atoms with Gasteiger partial charge in [0.05, 0.1) is 18.7 Å². The van der Waals surface area contributed by atoms with Gasteiger partial charge in [-0.15, -0.1) is 0 Å². The molecule has 0 radical (unpaired) electrons. The first-order valence-corrected chi connectivity index (χ1v) is 10.2. The molecule has 1 atom stereocenters. The second kappa shape index (κ2) is 8.03. The number of hydrogen-bond donors (Lipinski definition) is 2. The number of phenols is 1. The van der Waals surface area contributed by atoms with Gasteiger partial charge in [-0.05, 0) is 42.7 Å². The molecule has 0 spiro atoms. The summed E-state index contributed by atoms with van der Waals surface area (Å²) in [5, 5.41) is 21.7. The molecular formula is C23H22ClNO5. The summed E-state index contributed by atoms with van der Waals surface area (Å²) in [6, 6.07) is 10.4. The Bertz CT molecular complexity index is 1040. The van der Waals surface area contributed by atoms with Gasteiger partial charge in [-0.2, -0.15) is 0 Å². The Hall–Kier alpha value is -2.99. The van der Waals surface area contributed by atoms with Crippen molar-refractivity contribution in [3.05, 3.63) is 64.2 Å². The number of carbonyl (C=O) groups is 2.